The van der Waals surface area contributed by atoms with Gasteiger partial charge in [0, 0.05) is 25.2 Å². The van der Waals surface area contributed by atoms with Gasteiger partial charge in [0.05, 0.1) is 4.90 Å². The third-order valence-corrected chi connectivity index (χ3v) is 5.00. The molecular formula is C18H23N3O3S. The monoisotopic (exact) mass is 361 g/mol. The van der Waals surface area contributed by atoms with Crippen LogP contribution in [0, 0.1) is 0 Å². The van der Waals surface area contributed by atoms with Gasteiger partial charge in [-0.25, -0.2) is 13.1 Å². The Labute approximate surface area is 148 Å². The lowest BCUT2D eigenvalue weighted by Crippen LogP contribution is -2.31. The summed E-state index contributed by atoms with van der Waals surface area (Å²) in [5.74, 6) is -0.219. The van der Waals surface area contributed by atoms with Gasteiger partial charge >= 0.3 is 0 Å². The Balaban J connectivity index is 1.97. The Morgan fingerprint density at radius 2 is 1.64 bits per heavy atom. The van der Waals surface area contributed by atoms with E-state index >= 15 is 0 Å². The molecule has 0 aliphatic heterocycles. The van der Waals surface area contributed by atoms with Crippen LogP contribution in [0.5, 0.6) is 0 Å². The second-order valence-electron chi connectivity index (χ2n) is 5.89. The standard InChI is InChI=1S/C18H23N3O3S/c1-21(2)13-12-19-18(22)16-8-10-17(11-9-16)25(23,24)20-14-15-6-4-3-5-7-15/h3-11,20H,12-14H2,1-2H3,(H,19,22). The summed E-state index contributed by atoms with van der Waals surface area (Å²) in [5, 5.41) is 2.79. The zero-order chi connectivity index (χ0) is 18.3. The molecule has 0 radical (unpaired) electrons. The quantitative estimate of drug-likeness (QED) is 0.746. The van der Waals surface area contributed by atoms with Gasteiger partial charge in [-0.05, 0) is 43.9 Å². The minimum atomic E-state index is -3.62. The van der Waals surface area contributed by atoms with E-state index in [1.165, 1.54) is 24.3 Å². The van der Waals surface area contributed by atoms with Gasteiger partial charge in [0.2, 0.25) is 10.0 Å². The number of nitrogens with zero attached hydrogens (tertiary/aromatic N) is 1. The van der Waals surface area contributed by atoms with E-state index in [1.54, 1.807) is 0 Å². The van der Waals surface area contributed by atoms with E-state index < -0.39 is 10.0 Å². The Kier molecular flexibility index (Phi) is 6.69. The number of sulfonamides is 1. The van der Waals surface area contributed by atoms with E-state index in [2.05, 4.69) is 10.0 Å². The summed E-state index contributed by atoms with van der Waals surface area (Å²) in [4.78, 5) is 14.1. The number of nitrogens with one attached hydrogen (secondary N) is 2. The van der Waals surface area contributed by atoms with Crippen LogP contribution in [0.4, 0.5) is 0 Å². The summed E-state index contributed by atoms with van der Waals surface area (Å²) in [6.07, 6.45) is 0. The van der Waals surface area contributed by atoms with Crippen LogP contribution in [0.15, 0.2) is 59.5 Å². The highest BCUT2D eigenvalue weighted by atomic mass is 32.2. The van der Waals surface area contributed by atoms with Crippen molar-refractivity contribution in [3.05, 3.63) is 65.7 Å². The molecule has 0 fully saturated rings. The van der Waals surface area contributed by atoms with Crippen molar-refractivity contribution in [2.75, 3.05) is 27.2 Å². The number of hydrogen-bond donors (Lipinski definition) is 2. The fourth-order valence-electron chi connectivity index (χ4n) is 2.14. The fraction of sp³-hybridized carbons (Fsp3) is 0.278. The zero-order valence-electron chi connectivity index (χ0n) is 14.4. The van der Waals surface area contributed by atoms with Gasteiger partial charge in [-0.2, -0.15) is 0 Å². The number of carbonyl (C=O) groups is 1. The lowest BCUT2D eigenvalue weighted by Gasteiger charge is -2.11. The van der Waals surface area contributed by atoms with Crippen LogP contribution in [0.2, 0.25) is 0 Å². The Morgan fingerprint density at radius 3 is 2.24 bits per heavy atom. The number of rotatable bonds is 8. The van der Waals surface area contributed by atoms with Crippen molar-refractivity contribution in [2.24, 2.45) is 0 Å². The van der Waals surface area contributed by atoms with Crippen LogP contribution in [0.25, 0.3) is 0 Å². The first-order valence-electron chi connectivity index (χ1n) is 7.95. The largest absolute Gasteiger partial charge is 0.351 e. The van der Waals surface area contributed by atoms with E-state index in [-0.39, 0.29) is 17.3 Å². The third-order valence-electron chi connectivity index (χ3n) is 3.58. The zero-order valence-corrected chi connectivity index (χ0v) is 15.2. The summed E-state index contributed by atoms with van der Waals surface area (Å²) in [6, 6.07) is 15.2. The molecule has 0 spiro atoms. The molecule has 0 heterocycles. The Hall–Kier alpha value is -2.22. The highest BCUT2D eigenvalue weighted by Crippen LogP contribution is 2.11. The number of amides is 1. The molecule has 0 saturated carbocycles. The van der Waals surface area contributed by atoms with E-state index in [0.29, 0.717) is 12.1 Å². The molecule has 2 rings (SSSR count). The molecule has 0 aliphatic carbocycles. The van der Waals surface area contributed by atoms with Gasteiger partial charge in [-0.15, -0.1) is 0 Å². The number of carbonyl (C=O) groups excluding carboxylic acids is 1. The van der Waals surface area contributed by atoms with Gasteiger partial charge < -0.3 is 10.2 Å². The molecule has 0 bridgehead atoms. The predicted molar refractivity (Wildman–Crippen MR) is 97.8 cm³/mol. The fourth-order valence-corrected chi connectivity index (χ4v) is 3.16. The maximum atomic E-state index is 12.3. The molecule has 0 aliphatic rings. The Morgan fingerprint density at radius 1 is 1.00 bits per heavy atom. The highest BCUT2D eigenvalue weighted by Gasteiger charge is 2.14. The minimum absolute atomic E-state index is 0.133. The Bertz CT molecular complexity index is 788. The lowest BCUT2D eigenvalue weighted by atomic mass is 10.2. The molecular weight excluding hydrogens is 338 g/mol. The second kappa shape index (κ2) is 8.75. The first-order chi connectivity index (χ1) is 11.9. The predicted octanol–water partition coefficient (Wildman–Crippen LogP) is 1.46. The number of likely N-dealkylation sites (N-methyl/N-ethyl adjacent to an activating group) is 1. The molecule has 1 amide bonds. The van der Waals surface area contributed by atoms with Crippen LogP contribution >= 0.6 is 0 Å². The van der Waals surface area contributed by atoms with Gasteiger partial charge in [-0.1, -0.05) is 30.3 Å². The first-order valence-corrected chi connectivity index (χ1v) is 9.43. The number of hydrogen-bond acceptors (Lipinski definition) is 4. The van der Waals surface area contributed by atoms with E-state index in [1.807, 2.05) is 49.3 Å². The van der Waals surface area contributed by atoms with Crippen molar-refractivity contribution in [1.82, 2.24) is 14.9 Å². The van der Waals surface area contributed by atoms with Gasteiger partial charge in [-0.3, -0.25) is 4.79 Å². The van der Waals surface area contributed by atoms with Crippen molar-refractivity contribution < 1.29 is 13.2 Å². The topological polar surface area (TPSA) is 78.5 Å². The summed E-state index contributed by atoms with van der Waals surface area (Å²) in [5.41, 5.74) is 1.31. The normalized spacial score (nSPS) is 11.5. The summed E-state index contributed by atoms with van der Waals surface area (Å²) in [6.45, 7) is 1.49. The van der Waals surface area contributed by atoms with Gasteiger partial charge in [0.1, 0.15) is 0 Å². The average molecular weight is 361 g/mol. The molecule has 2 N–H and O–H groups in total. The van der Waals surface area contributed by atoms with E-state index in [0.717, 1.165) is 12.1 Å². The van der Waals surface area contributed by atoms with E-state index in [4.69, 9.17) is 0 Å². The van der Waals surface area contributed by atoms with Crippen LogP contribution in [0.1, 0.15) is 15.9 Å². The van der Waals surface area contributed by atoms with Crippen molar-refractivity contribution in [3.8, 4) is 0 Å². The van der Waals surface area contributed by atoms with Crippen LogP contribution in [-0.4, -0.2) is 46.4 Å². The molecule has 2 aromatic carbocycles. The summed E-state index contributed by atoms with van der Waals surface area (Å²) >= 11 is 0. The molecule has 0 unspecified atom stereocenters. The molecule has 0 atom stereocenters. The van der Waals surface area contributed by atoms with E-state index in [9.17, 15) is 13.2 Å². The molecule has 6 nitrogen and oxygen atoms in total. The van der Waals surface area contributed by atoms with Crippen LogP contribution in [0.3, 0.4) is 0 Å². The van der Waals surface area contributed by atoms with Gasteiger partial charge in [0.15, 0.2) is 0 Å². The van der Waals surface area contributed by atoms with Crippen molar-refractivity contribution in [3.63, 3.8) is 0 Å². The second-order valence-corrected chi connectivity index (χ2v) is 7.66. The van der Waals surface area contributed by atoms with Crippen LogP contribution < -0.4 is 10.0 Å². The minimum Gasteiger partial charge on any atom is -0.351 e. The van der Waals surface area contributed by atoms with Crippen molar-refractivity contribution in [1.29, 1.82) is 0 Å². The lowest BCUT2D eigenvalue weighted by molar-refractivity contribution is 0.0951. The molecule has 2 aromatic rings. The molecule has 7 heteroatoms. The van der Waals surface area contributed by atoms with Crippen molar-refractivity contribution in [2.45, 2.75) is 11.4 Å². The first kappa shape index (κ1) is 19.1. The molecule has 0 saturated heterocycles. The van der Waals surface area contributed by atoms with Crippen LogP contribution in [-0.2, 0) is 16.6 Å². The number of benzene rings is 2. The third kappa shape index (κ3) is 5.97. The van der Waals surface area contributed by atoms with Gasteiger partial charge in [0.25, 0.3) is 5.91 Å². The molecule has 134 valence electrons. The maximum Gasteiger partial charge on any atom is 0.251 e. The SMILES string of the molecule is CN(C)CCNC(=O)c1ccc(S(=O)(=O)NCc2ccccc2)cc1. The average Bonchev–Trinajstić information content (AvgIpc) is 2.61. The molecule has 25 heavy (non-hydrogen) atoms. The summed E-state index contributed by atoms with van der Waals surface area (Å²) in [7, 11) is 0.232. The van der Waals surface area contributed by atoms with Crippen molar-refractivity contribution >= 4 is 15.9 Å². The smallest absolute Gasteiger partial charge is 0.251 e. The highest BCUT2D eigenvalue weighted by molar-refractivity contribution is 7.89. The summed E-state index contributed by atoms with van der Waals surface area (Å²) < 4.78 is 27.2. The maximum absolute atomic E-state index is 12.3. The molecule has 0 aromatic heterocycles.